The summed E-state index contributed by atoms with van der Waals surface area (Å²) in [7, 11) is -4.11. The molecular weight excluding hydrogens is 264 g/mol. The van der Waals surface area contributed by atoms with Gasteiger partial charge in [0.25, 0.3) is 10.1 Å². The molecule has 5 heteroatoms. The fourth-order valence-electron chi connectivity index (χ4n) is 2.62. The Kier molecular flexibility index (Phi) is 3.39. The number of ether oxygens (including phenoxy) is 1. The molecule has 1 atom stereocenters. The average molecular weight is 284 g/mol. The highest BCUT2D eigenvalue weighted by Crippen LogP contribution is 2.41. The van der Waals surface area contributed by atoms with Crippen LogP contribution < -0.4 is 4.74 Å². The van der Waals surface area contributed by atoms with Crippen LogP contribution in [-0.2, 0) is 15.5 Å². The van der Waals surface area contributed by atoms with Crippen molar-refractivity contribution < 1.29 is 17.7 Å². The molecule has 1 aliphatic heterocycles. The van der Waals surface area contributed by atoms with Gasteiger partial charge in [-0.3, -0.25) is 4.55 Å². The van der Waals surface area contributed by atoms with E-state index in [1.807, 2.05) is 6.07 Å². The Hall–Kier alpha value is -1.07. The zero-order valence-electron chi connectivity index (χ0n) is 11.7. The molecule has 1 aromatic carbocycles. The largest absolute Gasteiger partial charge is 0.492 e. The van der Waals surface area contributed by atoms with Crippen LogP contribution in [0.1, 0.15) is 44.1 Å². The summed E-state index contributed by atoms with van der Waals surface area (Å²) in [6, 6.07) is 5.36. The molecule has 19 heavy (non-hydrogen) atoms. The second-order valence-corrected chi connectivity index (χ2v) is 7.65. The highest BCUT2D eigenvalue weighted by atomic mass is 32.2. The molecule has 0 amide bonds. The number of fused-ring (bicyclic) bond motifs is 1. The van der Waals surface area contributed by atoms with E-state index in [1.54, 1.807) is 26.0 Å². The molecule has 4 nitrogen and oxygen atoms in total. The normalized spacial score (nSPS) is 19.1. The van der Waals surface area contributed by atoms with Gasteiger partial charge in [0.05, 0.1) is 6.61 Å². The molecule has 1 unspecified atom stereocenters. The van der Waals surface area contributed by atoms with Crippen LogP contribution in [0.15, 0.2) is 18.2 Å². The maximum absolute atomic E-state index is 11.6. The van der Waals surface area contributed by atoms with Crippen molar-refractivity contribution in [3.8, 4) is 5.75 Å². The first-order chi connectivity index (χ1) is 8.63. The third-order valence-corrected chi connectivity index (χ3v) is 5.03. The summed E-state index contributed by atoms with van der Waals surface area (Å²) in [5.41, 5.74) is 1.49. The Labute approximate surface area is 114 Å². The average Bonchev–Trinajstić information content (AvgIpc) is 2.52. The Morgan fingerprint density at radius 2 is 1.95 bits per heavy atom. The van der Waals surface area contributed by atoms with E-state index in [2.05, 4.69) is 13.8 Å². The second kappa shape index (κ2) is 4.49. The monoisotopic (exact) mass is 284 g/mol. The third-order valence-electron chi connectivity index (χ3n) is 3.58. The van der Waals surface area contributed by atoms with Crippen LogP contribution in [0.4, 0.5) is 0 Å². The van der Waals surface area contributed by atoms with Crippen LogP contribution in [-0.4, -0.2) is 19.6 Å². The number of hydrogen-bond acceptors (Lipinski definition) is 3. The third kappa shape index (κ3) is 2.62. The summed E-state index contributed by atoms with van der Waals surface area (Å²) in [5, 5.41) is -0.894. The van der Waals surface area contributed by atoms with Crippen LogP contribution in [0.25, 0.3) is 0 Å². The van der Waals surface area contributed by atoms with Crippen molar-refractivity contribution in [3.05, 3.63) is 29.3 Å². The zero-order valence-corrected chi connectivity index (χ0v) is 12.5. The fraction of sp³-hybridized carbons (Fsp3) is 0.571. The van der Waals surface area contributed by atoms with Gasteiger partial charge >= 0.3 is 0 Å². The van der Waals surface area contributed by atoms with Crippen LogP contribution >= 0.6 is 0 Å². The first-order valence-corrected chi connectivity index (χ1v) is 7.87. The lowest BCUT2D eigenvalue weighted by Gasteiger charge is -2.21. The van der Waals surface area contributed by atoms with Crippen molar-refractivity contribution in [3.63, 3.8) is 0 Å². The minimum absolute atomic E-state index is 0.133. The molecule has 1 heterocycles. The molecule has 0 bridgehead atoms. The summed E-state index contributed by atoms with van der Waals surface area (Å²) in [4.78, 5) is 0. The molecule has 0 aromatic heterocycles. The van der Waals surface area contributed by atoms with E-state index in [4.69, 9.17) is 4.74 Å². The molecular formula is C14H20O4S. The molecule has 0 radical (unpaired) electrons. The van der Waals surface area contributed by atoms with Crippen molar-refractivity contribution in [1.29, 1.82) is 0 Å². The van der Waals surface area contributed by atoms with Crippen molar-refractivity contribution >= 4 is 10.1 Å². The predicted octanol–water partition coefficient (Wildman–Crippen LogP) is 2.94. The standard InChI is InChI=1S/C14H20O4S/c1-9(2)13(19(15,16)17)10-5-6-12-11(7-10)14(3,4)8-18-12/h5-7,9,13H,8H2,1-4H3,(H,15,16,17). The highest BCUT2D eigenvalue weighted by Gasteiger charge is 2.35. The Morgan fingerprint density at radius 1 is 1.32 bits per heavy atom. The smallest absolute Gasteiger partial charge is 0.272 e. The van der Waals surface area contributed by atoms with Crippen molar-refractivity contribution in [2.75, 3.05) is 6.61 Å². The van der Waals surface area contributed by atoms with Crippen molar-refractivity contribution in [1.82, 2.24) is 0 Å². The summed E-state index contributed by atoms with van der Waals surface area (Å²) < 4.78 is 38.1. The van der Waals surface area contributed by atoms with Gasteiger partial charge in [-0.25, -0.2) is 0 Å². The van der Waals surface area contributed by atoms with E-state index in [1.165, 1.54) is 0 Å². The van der Waals surface area contributed by atoms with E-state index in [0.29, 0.717) is 12.2 Å². The maximum atomic E-state index is 11.6. The van der Waals surface area contributed by atoms with Gasteiger partial charge in [0, 0.05) is 11.0 Å². The maximum Gasteiger partial charge on any atom is 0.272 e. The zero-order chi connectivity index (χ0) is 14.4. The molecule has 106 valence electrons. The van der Waals surface area contributed by atoms with E-state index >= 15 is 0 Å². The van der Waals surface area contributed by atoms with Gasteiger partial charge in [-0.2, -0.15) is 8.42 Å². The van der Waals surface area contributed by atoms with Gasteiger partial charge in [0.2, 0.25) is 0 Å². The van der Waals surface area contributed by atoms with Crippen LogP contribution in [0.5, 0.6) is 5.75 Å². The van der Waals surface area contributed by atoms with Gasteiger partial charge in [-0.1, -0.05) is 39.8 Å². The highest BCUT2D eigenvalue weighted by molar-refractivity contribution is 7.86. The molecule has 1 aromatic rings. The van der Waals surface area contributed by atoms with E-state index < -0.39 is 15.4 Å². The fourth-order valence-corrected chi connectivity index (χ4v) is 3.79. The lowest BCUT2D eigenvalue weighted by Crippen LogP contribution is -2.20. The van der Waals surface area contributed by atoms with Crippen LogP contribution in [0, 0.1) is 5.92 Å². The molecule has 1 aliphatic rings. The molecule has 2 rings (SSSR count). The summed E-state index contributed by atoms with van der Waals surface area (Å²) >= 11 is 0. The van der Waals surface area contributed by atoms with E-state index in [-0.39, 0.29) is 11.3 Å². The van der Waals surface area contributed by atoms with Gasteiger partial charge in [0.1, 0.15) is 11.0 Å². The van der Waals surface area contributed by atoms with Crippen LogP contribution in [0.3, 0.4) is 0 Å². The molecule has 0 fully saturated rings. The van der Waals surface area contributed by atoms with Gasteiger partial charge in [-0.05, 0) is 17.5 Å². The van der Waals surface area contributed by atoms with Gasteiger partial charge in [-0.15, -0.1) is 0 Å². The van der Waals surface area contributed by atoms with E-state index in [9.17, 15) is 13.0 Å². The molecule has 0 aliphatic carbocycles. The molecule has 0 saturated carbocycles. The molecule has 0 saturated heterocycles. The first kappa shape index (κ1) is 14.3. The minimum Gasteiger partial charge on any atom is -0.492 e. The summed E-state index contributed by atoms with van der Waals surface area (Å²) in [6.07, 6.45) is 0. The summed E-state index contributed by atoms with van der Waals surface area (Å²) in [5.74, 6) is 0.602. The number of hydrogen-bond donors (Lipinski definition) is 1. The second-order valence-electron chi connectivity index (χ2n) is 6.11. The Bertz CT molecular complexity index is 587. The Morgan fingerprint density at radius 3 is 2.47 bits per heavy atom. The van der Waals surface area contributed by atoms with Crippen LogP contribution in [0.2, 0.25) is 0 Å². The van der Waals surface area contributed by atoms with Gasteiger partial charge < -0.3 is 4.74 Å². The lowest BCUT2D eigenvalue weighted by molar-refractivity contribution is 0.291. The predicted molar refractivity (Wildman–Crippen MR) is 74.1 cm³/mol. The SMILES string of the molecule is CC(C)C(c1ccc2c(c1)C(C)(C)CO2)S(=O)(=O)O. The first-order valence-electron chi connectivity index (χ1n) is 6.36. The molecule has 1 N–H and O–H groups in total. The number of rotatable bonds is 3. The van der Waals surface area contributed by atoms with E-state index in [0.717, 1.165) is 11.3 Å². The Balaban J connectivity index is 2.53. The minimum atomic E-state index is -4.11. The summed E-state index contributed by atoms with van der Waals surface area (Å²) in [6.45, 7) is 8.27. The molecule has 0 spiro atoms. The lowest BCUT2D eigenvalue weighted by atomic mass is 9.85. The number of benzene rings is 1. The van der Waals surface area contributed by atoms with Gasteiger partial charge in [0.15, 0.2) is 0 Å². The quantitative estimate of drug-likeness (QED) is 0.867. The topological polar surface area (TPSA) is 63.6 Å². The van der Waals surface area contributed by atoms with Crippen molar-refractivity contribution in [2.45, 2.75) is 38.4 Å². The van der Waals surface area contributed by atoms with Crippen molar-refractivity contribution in [2.24, 2.45) is 5.92 Å².